The van der Waals surface area contributed by atoms with Gasteiger partial charge in [0.05, 0.1) is 5.69 Å². The number of hydrogen-bond acceptors (Lipinski definition) is 2. The molecule has 0 amide bonds. The summed E-state index contributed by atoms with van der Waals surface area (Å²) < 4.78 is 1.22. The maximum atomic E-state index is 3.74. The smallest absolute Gasteiger partial charge is 0.0511 e. The second kappa shape index (κ2) is 6.27. The first kappa shape index (κ1) is 14.9. The molecule has 1 aliphatic rings. The van der Waals surface area contributed by atoms with E-state index in [2.05, 4.69) is 65.1 Å². The van der Waals surface area contributed by atoms with Gasteiger partial charge < -0.3 is 10.2 Å². The summed E-state index contributed by atoms with van der Waals surface area (Å²) in [6.07, 6.45) is 2.62. The Bertz CT molecular complexity index is 429. The third-order valence-electron chi connectivity index (χ3n) is 3.83. The van der Waals surface area contributed by atoms with Crippen molar-refractivity contribution in [2.45, 2.75) is 40.2 Å². The van der Waals surface area contributed by atoms with Gasteiger partial charge in [-0.05, 0) is 58.4 Å². The SMILES string of the molecule is CCNCc1ccc(N2CCCC(C)(C)C2)c(Br)c1. The molecule has 0 spiro atoms. The molecule has 1 fully saturated rings. The predicted octanol–water partition coefficient (Wildman–Crippen LogP) is 4.19. The molecule has 106 valence electrons. The van der Waals surface area contributed by atoms with E-state index in [0.717, 1.165) is 19.6 Å². The Hall–Kier alpha value is -0.540. The Morgan fingerprint density at radius 1 is 1.37 bits per heavy atom. The summed E-state index contributed by atoms with van der Waals surface area (Å²) >= 11 is 3.74. The molecule has 0 atom stereocenters. The van der Waals surface area contributed by atoms with Crippen LogP contribution in [0.4, 0.5) is 5.69 Å². The van der Waals surface area contributed by atoms with Crippen LogP contribution in [-0.4, -0.2) is 19.6 Å². The second-order valence-electron chi connectivity index (χ2n) is 6.26. The quantitative estimate of drug-likeness (QED) is 0.893. The van der Waals surface area contributed by atoms with Crippen molar-refractivity contribution in [3.8, 4) is 0 Å². The Labute approximate surface area is 125 Å². The molecular weight excluding hydrogens is 300 g/mol. The van der Waals surface area contributed by atoms with Gasteiger partial charge in [-0.1, -0.05) is 26.8 Å². The van der Waals surface area contributed by atoms with Crippen LogP contribution in [0.5, 0.6) is 0 Å². The molecule has 0 unspecified atom stereocenters. The first-order valence-corrected chi connectivity index (χ1v) is 8.05. The van der Waals surface area contributed by atoms with E-state index in [9.17, 15) is 0 Å². The lowest BCUT2D eigenvalue weighted by Crippen LogP contribution is -2.40. The fourth-order valence-electron chi connectivity index (χ4n) is 2.82. The van der Waals surface area contributed by atoms with Crippen LogP contribution in [0.15, 0.2) is 22.7 Å². The third kappa shape index (κ3) is 3.96. The number of nitrogens with one attached hydrogen (secondary N) is 1. The minimum atomic E-state index is 0.431. The van der Waals surface area contributed by atoms with Gasteiger partial charge >= 0.3 is 0 Å². The summed E-state index contributed by atoms with van der Waals surface area (Å²) in [6.45, 7) is 11.2. The highest BCUT2D eigenvalue weighted by molar-refractivity contribution is 9.10. The van der Waals surface area contributed by atoms with E-state index in [1.54, 1.807) is 0 Å². The van der Waals surface area contributed by atoms with Crippen molar-refractivity contribution in [1.29, 1.82) is 0 Å². The zero-order chi connectivity index (χ0) is 13.9. The Kier molecular flexibility index (Phi) is 4.91. The van der Waals surface area contributed by atoms with Gasteiger partial charge in [-0.3, -0.25) is 0 Å². The standard InChI is InChI=1S/C16H25BrN2/c1-4-18-11-13-6-7-15(14(17)10-13)19-9-5-8-16(2,3)12-19/h6-7,10,18H,4-5,8-9,11-12H2,1-3H3. The van der Waals surface area contributed by atoms with E-state index < -0.39 is 0 Å². The van der Waals surface area contributed by atoms with Gasteiger partial charge in [0.2, 0.25) is 0 Å². The zero-order valence-corrected chi connectivity index (χ0v) is 13.9. The van der Waals surface area contributed by atoms with Crippen molar-refractivity contribution in [3.05, 3.63) is 28.2 Å². The first-order valence-electron chi connectivity index (χ1n) is 7.26. The molecule has 3 heteroatoms. The normalized spacial score (nSPS) is 18.6. The number of hydrogen-bond donors (Lipinski definition) is 1. The molecule has 1 aromatic carbocycles. The number of rotatable bonds is 4. The Morgan fingerprint density at radius 2 is 2.16 bits per heavy atom. The average Bonchev–Trinajstić information content (AvgIpc) is 2.35. The van der Waals surface area contributed by atoms with Gasteiger partial charge in [-0.15, -0.1) is 0 Å². The van der Waals surface area contributed by atoms with Crippen molar-refractivity contribution in [2.75, 3.05) is 24.5 Å². The van der Waals surface area contributed by atoms with Crippen LogP contribution < -0.4 is 10.2 Å². The molecule has 1 saturated heterocycles. The monoisotopic (exact) mass is 324 g/mol. The third-order valence-corrected chi connectivity index (χ3v) is 4.47. The molecule has 1 aromatic rings. The Morgan fingerprint density at radius 3 is 2.79 bits per heavy atom. The predicted molar refractivity (Wildman–Crippen MR) is 86.8 cm³/mol. The van der Waals surface area contributed by atoms with Crippen molar-refractivity contribution in [3.63, 3.8) is 0 Å². The second-order valence-corrected chi connectivity index (χ2v) is 7.11. The molecule has 0 bridgehead atoms. The lowest BCUT2D eigenvalue weighted by Gasteiger charge is -2.40. The summed E-state index contributed by atoms with van der Waals surface area (Å²) in [6, 6.07) is 6.75. The molecule has 2 nitrogen and oxygen atoms in total. The van der Waals surface area contributed by atoms with E-state index in [0.29, 0.717) is 5.41 Å². The lowest BCUT2D eigenvalue weighted by molar-refractivity contribution is 0.293. The van der Waals surface area contributed by atoms with Crippen LogP contribution in [0.2, 0.25) is 0 Å². The van der Waals surface area contributed by atoms with Crippen molar-refractivity contribution < 1.29 is 0 Å². The van der Waals surface area contributed by atoms with Crippen molar-refractivity contribution in [2.24, 2.45) is 5.41 Å². The fraction of sp³-hybridized carbons (Fsp3) is 0.625. The lowest BCUT2D eigenvalue weighted by atomic mass is 9.84. The van der Waals surface area contributed by atoms with Gasteiger partial charge in [0.1, 0.15) is 0 Å². The molecule has 1 heterocycles. The molecule has 0 aliphatic carbocycles. The zero-order valence-electron chi connectivity index (χ0n) is 12.3. The summed E-state index contributed by atoms with van der Waals surface area (Å²) in [5, 5.41) is 3.37. The molecule has 1 aliphatic heterocycles. The highest BCUT2D eigenvalue weighted by Gasteiger charge is 2.27. The molecular formula is C16H25BrN2. The van der Waals surface area contributed by atoms with Crippen molar-refractivity contribution >= 4 is 21.6 Å². The molecule has 2 rings (SSSR count). The maximum Gasteiger partial charge on any atom is 0.0511 e. The molecule has 19 heavy (non-hydrogen) atoms. The van der Waals surface area contributed by atoms with Gasteiger partial charge in [-0.25, -0.2) is 0 Å². The van der Waals surface area contributed by atoms with Crippen molar-refractivity contribution in [1.82, 2.24) is 5.32 Å². The fourth-order valence-corrected chi connectivity index (χ4v) is 3.49. The number of piperidine rings is 1. The summed E-state index contributed by atoms with van der Waals surface area (Å²) in [7, 11) is 0. The van der Waals surface area contributed by atoms with E-state index in [-0.39, 0.29) is 0 Å². The highest BCUT2D eigenvalue weighted by atomic mass is 79.9. The largest absolute Gasteiger partial charge is 0.370 e. The maximum absolute atomic E-state index is 3.74. The number of halogens is 1. The van der Waals surface area contributed by atoms with Crippen LogP contribution in [0.25, 0.3) is 0 Å². The van der Waals surface area contributed by atoms with Gasteiger partial charge in [0.25, 0.3) is 0 Å². The van der Waals surface area contributed by atoms with E-state index >= 15 is 0 Å². The van der Waals surface area contributed by atoms with Crippen LogP contribution in [0.1, 0.15) is 39.2 Å². The molecule has 1 N–H and O–H groups in total. The van der Waals surface area contributed by atoms with E-state index in [1.165, 1.54) is 35.1 Å². The van der Waals surface area contributed by atoms with Gasteiger partial charge in [0.15, 0.2) is 0 Å². The van der Waals surface area contributed by atoms with E-state index in [4.69, 9.17) is 0 Å². The van der Waals surface area contributed by atoms with Gasteiger partial charge in [-0.2, -0.15) is 0 Å². The van der Waals surface area contributed by atoms with Crippen LogP contribution in [0, 0.1) is 5.41 Å². The number of nitrogens with zero attached hydrogens (tertiary/aromatic N) is 1. The number of benzene rings is 1. The van der Waals surface area contributed by atoms with Crippen LogP contribution in [0.3, 0.4) is 0 Å². The van der Waals surface area contributed by atoms with Gasteiger partial charge in [0, 0.05) is 24.1 Å². The van der Waals surface area contributed by atoms with Crippen LogP contribution in [-0.2, 0) is 6.54 Å². The minimum Gasteiger partial charge on any atom is -0.370 e. The molecule has 0 saturated carbocycles. The summed E-state index contributed by atoms with van der Waals surface area (Å²) in [5.74, 6) is 0. The topological polar surface area (TPSA) is 15.3 Å². The van der Waals surface area contributed by atoms with Crippen LogP contribution >= 0.6 is 15.9 Å². The minimum absolute atomic E-state index is 0.431. The highest BCUT2D eigenvalue weighted by Crippen LogP contribution is 2.35. The van der Waals surface area contributed by atoms with E-state index in [1.807, 2.05) is 0 Å². The number of anilines is 1. The Balaban J connectivity index is 2.12. The molecule has 0 aromatic heterocycles. The first-order chi connectivity index (χ1) is 9.02. The molecule has 0 radical (unpaired) electrons. The average molecular weight is 325 g/mol. The summed E-state index contributed by atoms with van der Waals surface area (Å²) in [5.41, 5.74) is 3.11. The summed E-state index contributed by atoms with van der Waals surface area (Å²) in [4.78, 5) is 2.52.